The van der Waals surface area contributed by atoms with Crippen molar-refractivity contribution in [2.75, 3.05) is 5.32 Å². The molecule has 1 aromatic carbocycles. The number of nitrogens with zero attached hydrogens (tertiary/aromatic N) is 2. The number of rotatable bonds is 4. The van der Waals surface area contributed by atoms with E-state index in [0.717, 1.165) is 15.8 Å². The molecule has 0 spiro atoms. The second-order valence-corrected chi connectivity index (χ2v) is 6.73. The average molecular weight is 342 g/mol. The second-order valence-electron chi connectivity index (χ2n) is 5.70. The lowest BCUT2D eigenvalue weighted by Gasteiger charge is -2.05. The maximum atomic E-state index is 12.2. The molecule has 0 unspecified atom stereocenters. The molecular weight excluding hydrogens is 324 g/mol. The molecule has 0 aliphatic rings. The third-order valence-corrected chi connectivity index (χ3v) is 4.75. The number of anilines is 1. The second kappa shape index (κ2) is 6.52. The molecule has 0 atom stereocenters. The Morgan fingerprint density at radius 2 is 2.04 bits per heavy atom. The molecule has 124 valence electrons. The van der Waals surface area contributed by atoms with Crippen LogP contribution in [-0.4, -0.2) is 20.9 Å². The first-order valence-corrected chi connectivity index (χ1v) is 8.48. The summed E-state index contributed by atoms with van der Waals surface area (Å²) >= 11 is 1.45. The van der Waals surface area contributed by atoms with Gasteiger partial charge in [0.15, 0.2) is 5.13 Å². The van der Waals surface area contributed by atoms with Crippen molar-refractivity contribution in [2.45, 2.75) is 33.6 Å². The van der Waals surface area contributed by atoms with E-state index in [1.54, 1.807) is 13.8 Å². The molecule has 6 nitrogen and oxygen atoms in total. The zero-order valence-electron chi connectivity index (χ0n) is 13.8. The van der Waals surface area contributed by atoms with Crippen molar-refractivity contribution in [3.8, 4) is 0 Å². The summed E-state index contributed by atoms with van der Waals surface area (Å²) < 4.78 is 1.04. The monoisotopic (exact) mass is 342 g/mol. The highest BCUT2D eigenvalue weighted by atomic mass is 32.1. The molecule has 2 heterocycles. The molecular formula is C17H18N4O2S. The van der Waals surface area contributed by atoms with Gasteiger partial charge in [-0.15, -0.1) is 0 Å². The van der Waals surface area contributed by atoms with Crippen molar-refractivity contribution < 1.29 is 4.79 Å². The Balaban J connectivity index is 1.69. The maximum Gasteiger partial charge on any atom is 0.254 e. The summed E-state index contributed by atoms with van der Waals surface area (Å²) in [5.74, 6) is 0.418. The predicted molar refractivity (Wildman–Crippen MR) is 95.6 cm³/mol. The Labute approximate surface area is 143 Å². The fourth-order valence-corrected chi connectivity index (χ4v) is 3.57. The Bertz CT molecular complexity index is 974. The normalized spacial score (nSPS) is 11.0. The topological polar surface area (TPSA) is 87.7 Å². The first kappa shape index (κ1) is 16.3. The number of nitrogens with one attached hydrogen (secondary N) is 2. The molecule has 1 amide bonds. The van der Waals surface area contributed by atoms with Gasteiger partial charge in [-0.05, 0) is 38.8 Å². The highest BCUT2D eigenvalue weighted by Crippen LogP contribution is 2.27. The summed E-state index contributed by atoms with van der Waals surface area (Å²) in [6, 6.07) is 5.95. The fourth-order valence-electron chi connectivity index (χ4n) is 2.61. The number of amides is 1. The Kier molecular flexibility index (Phi) is 4.44. The molecule has 0 saturated carbocycles. The smallest absolute Gasteiger partial charge is 0.254 e. The molecule has 0 bridgehead atoms. The number of fused-ring (bicyclic) bond motifs is 1. The summed E-state index contributed by atoms with van der Waals surface area (Å²) in [5.41, 5.74) is 3.03. The van der Waals surface area contributed by atoms with Gasteiger partial charge in [-0.2, -0.15) is 0 Å². The molecule has 0 radical (unpaired) electrons. The average Bonchev–Trinajstić information content (AvgIpc) is 2.90. The minimum absolute atomic E-state index is 0.161. The van der Waals surface area contributed by atoms with Crippen molar-refractivity contribution in [1.82, 2.24) is 15.0 Å². The van der Waals surface area contributed by atoms with E-state index in [-0.39, 0.29) is 17.9 Å². The summed E-state index contributed by atoms with van der Waals surface area (Å²) in [6.45, 7) is 5.51. The van der Waals surface area contributed by atoms with E-state index in [0.29, 0.717) is 28.6 Å². The van der Waals surface area contributed by atoms with Crippen LogP contribution in [0.5, 0.6) is 0 Å². The van der Waals surface area contributed by atoms with Crippen LogP contribution in [0.2, 0.25) is 0 Å². The van der Waals surface area contributed by atoms with Crippen molar-refractivity contribution in [3.05, 3.63) is 51.2 Å². The van der Waals surface area contributed by atoms with E-state index in [1.165, 1.54) is 11.3 Å². The molecule has 2 N–H and O–H groups in total. The van der Waals surface area contributed by atoms with Gasteiger partial charge >= 0.3 is 0 Å². The number of benzene rings is 1. The lowest BCUT2D eigenvalue weighted by molar-refractivity contribution is -0.116. The standard InChI is InChI=1S/C17H18N4O2S/c1-9-5-4-6-13-15(9)21-17(24-13)20-14(22)8-7-12-10(2)18-11(3)19-16(12)23/h4-6H,7-8H2,1-3H3,(H,18,19,23)(H,20,21,22). The molecule has 0 saturated heterocycles. The minimum atomic E-state index is -0.177. The zero-order chi connectivity index (χ0) is 17.3. The largest absolute Gasteiger partial charge is 0.311 e. The number of para-hydroxylation sites is 1. The molecule has 0 aliphatic carbocycles. The highest BCUT2D eigenvalue weighted by Gasteiger charge is 2.12. The summed E-state index contributed by atoms with van der Waals surface area (Å²) in [4.78, 5) is 35.5. The number of carbonyl (C=O) groups is 1. The van der Waals surface area contributed by atoms with E-state index in [4.69, 9.17) is 0 Å². The third-order valence-electron chi connectivity index (χ3n) is 3.81. The quantitative estimate of drug-likeness (QED) is 0.763. The number of aryl methyl sites for hydroxylation is 3. The first-order valence-electron chi connectivity index (χ1n) is 7.66. The molecule has 0 aliphatic heterocycles. The first-order chi connectivity index (χ1) is 11.4. The number of carbonyl (C=O) groups excluding carboxylic acids is 1. The van der Waals surface area contributed by atoms with Crippen molar-refractivity contribution in [3.63, 3.8) is 0 Å². The van der Waals surface area contributed by atoms with Crippen LogP contribution in [0.25, 0.3) is 10.2 Å². The minimum Gasteiger partial charge on any atom is -0.311 e. The van der Waals surface area contributed by atoms with E-state index in [9.17, 15) is 9.59 Å². The lowest BCUT2D eigenvalue weighted by Crippen LogP contribution is -2.20. The molecule has 3 aromatic rings. The Morgan fingerprint density at radius 1 is 1.25 bits per heavy atom. The van der Waals surface area contributed by atoms with Gasteiger partial charge in [0.25, 0.3) is 5.56 Å². The van der Waals surface area contributed by atoms with Gasteiger partial charge in [-0.25, -0.2) is 9.97 Å². The summed E-state index contributed by atoms with van der Waals surface area (Å²) in [5, 5.41) is 3.40. The number of aromatic nitrogens is 3. The van der Waals surface area contributed by atoms with E-state index < -0.39 is 0 Å². The Hall–Kier alpha value is -2.54. The summed E-state index contributed by atoms with van der Waals surface area (Å²) in [6.07, 6.45) is 0.563. The third kappa shape index (κ3) is 3.35. The number of H-pyrrole nitrogens is 1. The van der Waals surface area contributed by atoms with E-state index >= 15 is 0 Å². The predicted octanol–water partition coefficient (Wildman–Crippen LogP) is 2.88. The van der Waals surface area contributed by atoms with Gasteiger partial charge in [-0.1, -0.05) is 23.5 Å². The maximum absolute atomic E-state index is 12.2. The van der Waals surface area contributed by atoms with Gasteiger partial charge in [0.1, 0.15) is 5.82 Å². The van der Waals surface area contributed by atoms with Crippen molar-refractivity contribution >= 4 is 32.6 Å². The fraction of sp³-hybridized carbons (Fsp3) is 0.294. The van der Waals surface area contributed by atoms with Crippen LogP contribution in [0.3, 0.4) is 0 Å². The highest BCUT2D eigenvalue weighted by molar-refractivity contribution is 7.22. The van der Waals surface area contributed by atoms with Gasteiger partial charge in [0.2, 0.25) is 5.91 Å². The van der Waals surface area contributed by atoms with Crippen LogP contribution in [0.4, 0.5) is 5.13 Å². The van der Waals surface area contributed by atoms with Gasteiger partial charge < -0.3 is 10.3 Å². The van der Waals surface area contributed by atoms with Crippen LogP contribution in [-0.2, 0) is 11.2 Å². The molecule has 0 fully saturated rings. The van der Waals surface area contributed by atoms with Crippen molar-refractivity contribution in [1.29, 1.82) is 0 Å². The van der Waals surface area contributed by atoms with Gasteiger partial charge in [-0.3, -0.25) is 9.59 Å². The summed E-state index contributed by atoms with van der Waals surface area (Å²) in [7, 11) is 0. The van der Waals surface area contributed by atoms with E-state index in [1.807, 2.05) is 25.1 Å². The molecule has 7 heteroatoms. The zero-order valence-corrected chi connectivity index (χ0v) is 14.6. The SMILES string of the molecule is Cc1nc(C)c(CCC(=O)Nc2nc3c(C)cccc3s2)c(=O)[nH]1. The van der Waals surface area contributed by atoms with Crippen LogP contribution in [0, 0.1) is 20.8 Å². The van der Waals surface area contributed by atoms with Gasteiger partial charge in [0.05, 0.1) is 10.2 Å². The molecule has 3 rings (SSSR count). The molecule has 24 heavy (non-hydrogen) atoms. The molecule has 2 aromatic heterocycles. The Morgan fingerprint density at radius 3 is 2.75 bits per heavy atom. The van der Waals surface area contributed by atoms with Crippen LogP contribution in [0.1, 0.15) is 29.1 Å². The van der Waals surface area contributed by atoms with Crippen molar-refractivity contribution in [2.24, 2.45) is 0 Å². The van der Waals surface area contributed by atoms with Crippen LogP contribution < -0.4 is 10.9 Å². The van der Waals surface area contributed by atoms with Gasteiger partial charge in [0, 0.05) is 17.7 Å². The number of hydrogen-bond donors (Lipinski definition) is 2. The lowest BCUT2D eigenvalue weighted by atomic mass is 10.1. The number of thiazole rings is 1. The van der Waals surface area contributed by atoms with Crippen LogP contribution in [0.15, 0.2) is 23.0 Å². The van der Waals surface area contributed by atoms with E-state index in [2.05, 4.69) is 20.3 Å². The number of hydrogen-bond acceptors (Lipinski definition) is 5. The van der Waals surface area contributed by atoms with Crippen LogP contribution >= 0.6 is 11.3 Å². The number of aromatic amines is 1.